The maximum Gasteiger partial charge on any atom is 0.236 e. The number of thiazole rings is 1. The molecule has 2 aromatic carbocycles. The third-order valence-electron chi connectivity index (χ3n) is 4.97. The molecule has 0 unspecified atom stereocenters. The summed E-state index contributed by atoms with van der Waals surface area (Å²) in [5, 5.41) is 5.68. The first kappa shape index (κ1) is 18.6. The van der Waals surface area contributed by atoms with Crippen molar-refractivity contribution in [2.24, 2.45) is 0 Å². The van der Waals surface area contributed by atoms with Crippen LogP contribution in [0.5, 0.6) is 0 Å². The predicted octanol–water partition coefficient (Wildman–Crippen LogP) is 5.10. The minimum atomic E-state index is -0.561. The summed E-state index contributed by atoms with van der Waals surface area (Å²) in [4.78, 5) is 17.9. The number of halogens is 1. The lowest BCUT2D eigenvalue weighted by Gasteiger charge is -2.35. The number of aromatic nitrogens is 1. The number of nitrogens with zero attached hydrogens (tertiary/aromatic N) is 1. The molecule has 1 saturated heterocycles. The molecule has 0 bridgehead atoms. The van der Waals surface area contributed by atoms with Crippen LogP contribution in [0.15, 0.2) is 60.0 Å². The van der Waals surface area contributed by atoms with Gasteiger partial charge in [-0.05, 0) is 53.1 Å². The summed E-state index contributed by atoms with van der Waals surface area (Å²) >= 11 is 3.74. The normalized spacial score (nSPS) is 16.0. The Bertz CT molecular complexity index is 919. The summed E-state index contributed by atoms with van der Waals surface area (Å²) in [6, 6.07) is 18.2. The van der Waals surface area contributed by atoms with Crippen LogP contribution in [-0.4, -0.2) is 24.1 Å². The van der Waals surface area contributed by atoms with Gasteiger partial charge in [0, 0.05) is 27.7 Å². The number of carbonyl (C=O) groups excluding carboxylic acids is 1. The molecule has 0 aliphatic carbocycles. The molecule has 1 aromatic heterocycles. The number of ether oxygens (including phenoxy) is 1. The van der Waals surface area contributed by atoms with Crippen molar-refractivity contribution in [1.82, 2.24) is 4.98 Å². The first-order valence-corrected chi connectivity index (χ1v) is 10.8. The number of anilines is 1. The average molecular weight is 490 g/mol. The van der Waals surface area contributed by atoms with Crippen LogP contribution in [-0.2, 0) is 14.9 Å². The van der Waals surface area contributed by atoms with Crippen LogP contribution in [0.2, 0.25) is 0 Å². The number of hydrogen-bond donors (Lipinski definition) is 1. The Morgan fingerprint density at radius 3 is 2.48 bits per heavy atom. The largest absolute Gasteiger partial charge is 0.381 e. The van der Waals surface area contributed by atoms with Crippen molar-refractivity contribution < 1.29 is 9.53 Å². The lowest BCUT2D eigenvalue weighted by molar-refractivity contribution is -0.125. The predicted molar refractivity (Wildman–Crippen MR) is 117 cm³/mol. The van der Waals surface area contributed by atoms with Crippen molar-refractivity contribution in [3.63, 3.8) is 0 Å². The summed E-state index contributed by atoms with van der Waals surface area (Å²) in [6.07, 6.45) is 1.36. The molecule has 0 atom stereocenters. The van der Waals surface area contributed by atoms with Crippen molar-refractivity contribution in [2.45, 2.75) is 18.3 Å². The minimum absolute atomic E-state index is 0.000472. The molecular formula is C21H19IN2O2S. The molecular weight excluding hydrogens is 471 g/mol. The van der Waals surface area contributed by atoms with Crippen molar-refractivity contribution in [1.29, 1.82) is 0 Å². The monoisotopic (exact) mass is 490 g/mol. The third kappa shape index (κ3) is 3.93. The quantitative estimate of drug-likeness (QED) is 0.518. The van der Waals surface area contributed by atoms with Gasteiger partial charge in [-0.3, -0.25) is 4.79 Å². The Hall–Kier alpha value is -1.77. The van der Waals surface area contributed by atoms with E-state index in [2.05, 4.69) is 45.0 Å². The van der Waals surface area contributed by atoms with E-state index in [1.54, 1.807) is 0 Å². The lowest BCUT2D eigenvalue weighted by Crippen LogP contribution is -2.44. The van der Waals surface area contributed by atoms with Crippen molar-refractivity contribution >= 4 is 45.0 Å². The zero-order valence-electron chi connectivity index (χ0n) is 14.7. The lowest BCUT2D eigenvalue weighted by atomic mass is 9.73. The van der Waals surface area contributed by atoms with E-state index in [1.807, 2.05) is 47.8 Å². The fourth-order valence-electron chi connectivity index (χ4n) is 3.43. The van der Waals surface area contributed by atoms with Crippen LogP contribution in [0.3, 0.4) is 0 Å². The van der Waals surface area contributed by atoms with Crippen molar-refractivity contribution in [3.05, 3.63) is 69.1 Å². The fraction of sp³-hybridized carbons (Fsp3) is 0.238. The van der Waals surface area contributed by atoms with Gasteiger partial charge in [0.15, 0.2) is 5.13 Å². The SMILES string of the molecule is O=C(Nc1nc(-c2ccc(I)cc2)cs1)C1(c2ccccc2)CCOCC1. The molecule has 138 valence electrons. The molecule has 1 amide bonds. The second kappa shape index (κ2) is 8.08. The van der Waals surface area contributed by atoms with Gasteiger partial charge < -0.3 is 10.1 Å². The molecule has 1 aliphatic rings. The first-order valence-electron chi connectivity index (χ1n) is 8.84. The van der Waals surface area contributed by atoms with Crippen LogP contribution < -0.4 is 5.32 Å². The number of nitrogens with one attached hydrogen (secondary N) is 1. The summed E-state index contributed by atoms with van der Waals surface area (Å²) < 4.78 is 6.71. The Balaban J connectivity index is 1.58. The van der Waals surface area contributed by atoms with Gasteiger partial charge in [0.1, 0.15) is 0 Å². The number of hydrogen-bond acceptors (Lipinski definition) is 4. The topological polar surface area (TPSA) is 51.2 Å². The highest BCUT2D eigenvalue weighted by atomic mass is 127. The molecule has 3 aromatic rings. The summed E-state index contributed by atoms with van der Waals surface area (Å²) in [7, 11) is 0. The molecule has 0 radical (unpaired) electrons. The number of carbonyl (C=O) groups is 1. The molecule has 4 rings (SSSR count). The molecule has 0 spiro atoms. The van der Waals surface area contributed by atoms with Crippen LogP contribution >= 0.6 is 33.9 Å². The second-order valence-electron chi connectivity index (χ2n) is 6.56. The number of amides is 1. The molecule has 1 aliphatic heterocycles. The van der Waals surface area contributed by atoms with E-state index in [1.165, 1.54) is 14.9 Å². The van der Waals surface area contributed by atoms with E-state index in [9.17, 15) is 4.79 Å². The van der Waals surface area contributed by atoms with Gasteiger partial charge in [0.2, 0.25) is 5.91 Å². The minimum Gasteiger partial charge on any atom is -0.381 e. The Morgan fingerprint density at radius 1 is 1.07 bits per heavy atom. The summed E-state index contributed by atoms with van der Waals surface area (Å²) in [6.45, 7) is 1.18. The molecule has 6 heteroatoms. The molecule has 4 nitrogen and oxygen atoms in total. The standard InChI is InChI=1S/C21H19IN2O2S/c22-17-8-6-15(7-9-17)18-14-27-20(23-18)24-19(25)21(10-12-26-13-11-21)16-4-2-1-3-5-16/h1-9,14H,10-13H2,(H,23,24,25). The highest BCUT2D eigenvalue weighted by molar-refractivity contribution is 14.1. The first-order chi connectivity index (χ1) is 13.2. The molecule has 27 heavy (non-hydrogen) atoms. The Kier molecular flexibility index (Phi) is 5.56. The van der Waals surface area contributed by atoms with Gasteiger partial charge in [-0.15, -0.1) is 11.3 Å². The maximum absolute atomic E-state index is 13.3. The van der Waals surface area contributed by atoms with Crippen LogP contribution in [0, 0.1) is 3.57 Å². The van der Waals surface area contributed by atoms with Crippen molar-refractivity contribution in [3.8, 4) is 11.3 Å². The summed E-state index contributed by atoms with van der Waals surface area (Å²) in [5.41, 5.74) is 2.41. The van der Waals surface area contributed by atoms with Gasteiger partial charge in [-0.1, -0.05) is 42.5 Å². The fourth-order valence-corrected chi connectivity index (χ4v) is 4.50. The zero-order chi connectivity index (χ0) is 18.7. The average Bonchev–Trinajstić information content (AvgIpc) is 3.18. The van der Waals surface area contributed by atoms with E-state index in [0.717, 1.165) is 16.8 Å². The van der Waals surface area contributed by atoms with Crippen LogP contribution in [0.4, 0.5) is 5.13 Å². The Morgan fingerprint density at radius 2 is 1.78 bits per heavy atom. The van der Waals surface area contributed by atoms with Crippen LogP contribution in [0.1, 0.15) is 18.4 Å². The van der Waals surface area contributed by atoms with E-state index >= 15 is 0 Å². The van der Waals surface area contributed by atoms with Gasteiger partial charge in [0.25, 0.3) is 0 Å². The molecule has 1 fully saturated rings. The molecule has 2 heterocycles. The van der Waals surface area contributed by atoms with E-state index < -0.39 is 5.41 Å². The van der Waals surface area contributed by atoms with Crippen LogP contribution in [0.25, 0.3) is 11.3 Å². The van der Waals surface area contributed by atoms with Gasteiger partial charge in [-0.25, -0.2) is 4.98 Å². The second-order valence-corrected chi connectivity index (χ2v) is 8.66. The highest BCUT2D eigenvalue weighted by Gasteiger charge is 2.41. The smallest absolute Gasteiger partial charge is 0.236 e. The van der Waals surface area contributed by atoms with Gasteiger partial charge >= 0.3 is 0 Å². The maximum atomic E-state index is 13.3. The van der Waals surface area contributed by atoms with E-state index in [-0.39, 0.29) is 5.91 Å². The molecule has 1 N–H and O–H groups in total. The third-order valence-corrected chi connectivity index (χ3v) is 6.45. The zero-order valence-corrected chi connectivity index (χ0v) is 17.6. The van der Waals surface area contributed by atoms with Gasteiger partial charge in [-0.2, -0.15) is 0 Å². The Labute approximate surface area is 176 Å². The highest BCUT2D eigenvalue weighted by Crippen LogP contribution is 2.36. The van der Waals surface area contributed by atoms with E-state index in [0.29, 0.717) is 31.2 Å². The molecule has 0 saturated carbocycles. The number of benzene rings is 2. The van der Waals surface area contributed by atoms with Crippen molar-refractivity contribution in [2.75, 3.05) is 18.5 Å². The van der Waals surface area contributed by atoms with E-state index in [4.69, 9.17) is 4.74 Å². The summed E-state index contributed by atoms with van der Waals surface area (Å²) in [5.74, 6) is 0.000472. The number of rotatable bonds is 4. The van der Waals surface area contributed by atoms with Gasteiger partial charge in [0.05, 0.1) is 11.1 Å².